The van der Waals surface area contributed by atoms with Crippen molar-refractivity contribution in [1.29, 1.82) is 0 Å². The van der Waals surface area contributed by atoms with Crippen molar-refractivity contribution in [3.05, 3.63) is 65.2 Å². The monoisotopic (exact) mass is 290 g/mol. The van der Waals surface area contributed by atoms with Crippen molar-refractivity contribution in [3.8, 4) is 5.75 Å². The zero-order valence-electron chi connectivity index (χ0n) is 10.9. The third kappa shape index (κ3) is 2.31. The van der Waals surface area contributed by atoms with Gasteiger partial charge in [0, 0.05) is 5.56 Å². The van der Waals surface area contributed by atoms with Crippen LogP contribution < -0.4 is 4.18 Å². The molecule has 1 aliphatic rings. The molecular weight excluding hydrogens is 276 g/mol. The van der Waals surface area contributed by atoms with E-state index in [1.807, 2.05) is 31.2 Å². The van der Waals surface area contributed by atoms with Crippen molar-refractivity contribution in [3.63, 3.8) is 0 Å². The van der Waals surface area contributed by atoms with Gasteiger partial charge in [-0.25, -0.2) is 0 Å². The molecule has 0 saturated heterocycles. The van der Waals surface area contributed by atoms with E-state index in [4.69, 9.17) is 8.92 Å². The Hall–Kier alpha value is -1.82. The van der Waals surface area contributed by atoms with E-state index < -0.39 is 10.1 Å². The van der Waals surface area contributed by atoms with Crippen molar-refractivity contribution >= 4 is 15.1 Å². The number of fused-ring (bicyclic) bond motifs is 1. The lowest BCUT2D eigenvalue weighted by atomic mass is 10.1. The van der Waals surface area contributed by atoms with Gasteiger partial charge in [0.25, 0.3) is 10.1 Å². The largest absolute Gasteiger partial charge is 0.387 e. The SMILES string of the molecule is Cc1ccccc1OS(=O)(O)=C1OCc2ccccc21. The van der Waals surface area contributed by atoms with Crippen molar-refractivity contribution < 1.29 is 17.7 Å². The van der Waals surface area contributed by atoms with Gasteiger partial charge >= 0.3 is 0 Å². The first-order chi connectivity index (χ1) is 9.58. The number of hydrogen-bond donors (Lipinski definition) is 1. The Balaban J connectivity index is 2.07. The summed E-state index contributed by atoms with van der Waals surface area (Å²) in [6.07, 6.45) is 0. The lowest BCUT2D eigenvalue weighted by Gasteiger charge is -2.11. The van der Waals surface area contributed by atoms with Crippen LogP contribution >= 0.6 is 0 Å². The molecule has 5 heteroatoms. The predicted molar refractivity (Wildman–Crippen MR) is 77.9 cm³/mol. The van der Waals surface area contributed by atoms with E-state index in [-0.39, 0.29) is 5.05 Å². The minimum atomic E-state index is -3.70. The molecule has 1 aliphatic heterocycles. The molecule has 0 bridgehead atoms. The van der Waals surface area contributed by atoms with Gasteiger partial charge in [-0.2, -0.15) is 4.21 Å². The van der Waals surface area contributed by atoms with Gasteiger partial charge in [-0.15, -0.1) is 0 Å². The minimum absolute atomic E-state index is 0.00338. The smallest absolute Gasteiger partial charge is 0.277 e. The third-order valence-corrected chi connectivity index (χ3v) is 4.34. The van der Waals surface area contributed by atoms with E-state index in [1.165, 1.54) is 0 Å². The maximum atomic E-state index is 12.4. The first-order valence-electron chi connectivity index (χ1n) is 6.18. The van der Waals surface area contributed by atoms with Gasteiger partial charge in [-0.3, -0.25) is 4.55 Å². The zero-order valence-corrected chi connectivity index (χ0v) is 11.7. The summed E-state index contributed by atoms with van der Waals surface area (Å²) in [5.41, 5.74) is 2.31. The standard InChI is InChI=1S/C15H14O4S/c1-11-6-2-5-9-14(11)19-20(16,17)15-13-8-4-3-7-12(13)10-18-15/h2-9H,10H2,1H3,(H,16,17). The molecule has 0 aromatic heterocycles. The molecule has 0 fully saturated rings. The summed E-state index contributed by atoms with van der Waals surface area (Å²) in [6, 6.07) is 14.4. The molecule has 0 radical (unpaired) electrons. The van der Waals surface area contributed by atoms with E-state index in [0.29, 0.717) is 17.9 Å². The molecular formula is C15H14O4S. The molecule has 0 spiro atoms. The van der Waals surface area contributed by atoms with Gasteiger partial charge in [0.15, 0.2) is 5.05 Å². The highest BCUT2D eigenvalue weighted by Crippen LogP contribution is 2.24. The number of ether oxygens (including phenoxy) is 1. The summed E-state index contributed by atoms with van der Waals surface area (Å²) in [5, 5.41) is -0.00338. The molecule has 1 heterocycles. The molecule has 1 unspecified atom stereocenters. The highest BCUT2D eigenvalue weighted by molar-refractivity contribution is 7.93. The van der Waals surface area contributed by atoms with Crippen LogP contribution in [0.3, 0.4) is 0 Å². The summed E-state index contributed by atoms with van der Waals surface area (Å²) in [5.74, 6) is 0.375. The maximum Gasteiger partial charge on any atom is 0.277 e. The minimum Gasteiger partial charge on any atom is -0.387 e. The highest BCUT2D eigenvalue weighted by atomic mass is 32.2. The second kappa shape index (κ2) is 4.94. The Morgan fingerprint density at radius 2 is 1.85 bits per heavy atom. The number of aryl methyl sites for hydroxylation is 1. The molecule has 20 heavy (non-hydrogen) atoms. The van der Waals surface area contributed by atoms with E-state index in [9.17, 15) is 8.76 Å². The van der Waals surface area contributed by atoms with E-state index >= 15 is 0 Å². The van der Waals surface area contributed by atoms with Crippen molar-refractivity contribution in [2.45, 2.75) is 13.5 Å². The Morgan fingerprint density at radius 1 is 1.15 bits per heavy atom. The van der Waals surface area contributed by atoms with Gasteiger partial charge in [0.05, 0.1) is 6.61 Å². The quantitative estimate of drug-likeness (QED) is 0.864. The lowest BCUT2D eigenvalue weighted by molar-refractivity contribution is 0.314. The van der Waals surface area contributed by atoms with Gasteiger partial charge in [-0.1, -0.05) is 42.5 Å². The molecule has 0 aliphatic carbocycles. The average Bonchev–Trinajstić information content (AvgIpc) is 2.86. The number of benzene rings is 2. The van der Waals surface area contributed by atoms with Crippen LogP contribution in [0.1, 0.15) is 16.7 Å². The van der Waals surface area contributed by atoms with Gasteiger partial charge in [0.2, 0.25) is 0 Å². The molecule has 0 saturated carbocycles. The normalized spacial score (nSPS) is 16.6. The van der Waals surface area contributed by atoms with Crippen molar-refractivity contribution in [2.24, 2.45) is 0 Å². The van der Waals surface area contributed by atoms with E-state index in [2.05, 4.69) is 0 Å². The van der Waals surface area contributed by atoms with Crippen LogP contribution in [0.15, 0.2) is 48.5 Å². The van der Waals surface area contributed by atoms with E-state index in [0.717, 1.165) is 11.1 Å². The summed E-state index contributed by atoms with van der Waals surface area (Å²) in [4.78, 5) is 0. The number of hydrogen-bond acceptors (Lipinski definition) is 3. The van der Waals surface area contributed by atoms with Crippen LogP contribution in [-0.2, 0) is 21.4 Å². The van der Waals surface area contributed by atoms with Crippen LogP contribution in [0.25, 0.3) is 0 Å². The third-order valence-electron chi connectivity index (χ3n) is 3.13. The summed E-state index contributed by atoms with van der Waals surface area (Å²) < 4.78 is 33.3. The Kier molecular flexibility index (Phi) is 3.25. The average molecular weight is 290 g/mol. The zero-order chi connectivity index (χ0) is 14.2. The molecule has 1 N–H and O–H groups in total. The van der Waals surface area contributed by atoms with E-state index in [1.54, 1.807) is 24.3 Å². The number of rotatable bonds is 2. The van der Waals surface area contributed by atoms with Crippen molar-refractivity contribution in [2.75, 3.05) is 0 Å². The lowest BCUT2D eigenvalue weighted by Crippen LogP contribution is -2.20. The summed E-state index contributed by atoms with van der Waals surface area (Å²) in [7, 11) is -3.70. The number of para-hydroxylation sites is 1. The van der Waals surface area contributed by atoms with Gasteiger partial charge in [0.1, 0.15) is 5.75 Å². The Bertz CT molecular complexity index is 773. The molecule has 3 rings (SSSR count). The van der Waals surface area contributed by atoms with Crippen LogP contribution in [0, 0.1) is 6.92 Å². The molecule has 0 amide bonds. The highest BCUT2D eigenvalue weighted by Gasteiger charge is 2.26. The summed E-state index contributed by atoms with van der Waals surface area (Å²) >= 11 is 0. The first-order valence-corrected chi connectivity index (χ1v) is 7.62. The Labute approximate surface area is 118 Å². The van der Waals surface area contributed by atoms with Crippen LogP contribution in [0.5, 0.6) is 5.75 Å². The molecule has 1 atom stereocenters. The molecule has 2 aromatic carbocycles. The van der Waals surface area contributed by atoms with Gasteiger partial charge in [-0.05, 0) is 24.1 Å². The van der Waals surface area contributed by atoms with Crippen molar-refractivity contribution in [1.82, 2.24) is 0 Å². The second-order valence-electron chi connectivity index (χ2n) is 4.56. The van der Waals surface area contributed by atoms with Crippen LogP contribution in [0.2, 0.25) is 0 Å². The first kappa shape index (κ1) is 13.2. The fourth-order valence-corrected chi connectivity index (χ4v) is 3.28. The molecule has 104 valence electrons. The predicted octanol–water partition coefficient (Wildman–Crippen LogP) is 2.75. The topological polar surface area (TPSA) is 55.8 Å². The van der Waals surface area contributed by atoms with Gasteiger partial charge < -0.3 is 8.92 Å². The second-order valence-corrected chi connectivity index (χ2v) is 6.04. The Morgan fingerprint density at radius 3 is 2.65 bits per heavy atom. The fraction of sp³-hybridized carbons (Fsp3) is 0.133. The van der Waals surface area contributed by atoms with Crippen LogP contribution in [-0.4, -0.2) is 13.8 Å². The summed E-state index contributed by atoms with van der Waals surface area (Å²) in [6.45, 7) is 2.11. The van der Waals surface area contributed by atoms with Crippen LogP contribution in [0.4, 0.5) is 0 Å². The molecule has 4 nitrogen and oxygen atoms in total. The fourth-order valence-electron chi connectivity index (χ4n) is 2.09. The maximum absolute atomic E-state index is 12.4. The molecule has 2 aromatic rings.